The van der Waals surface area contributed by atoms with Gasteiger partial charge in [-0.2, -0.15) is 0 Å². The maximum absolute atomic E-state index is 12.3. The molecular formula is C46H68LuN12O12S. The Hall–Kier alpha value is -4.96. The van der Waals surface area contributed by atoms with Crippen LogP contribution < -0.4 is 21.3 Å². The monoisotopic (exact) mass is 1190 g/mol. The average molecular weight is 1190 g/mol. The number of carboxylic acids is 4. The Bertz CT molecular complexity index is 2170. The number of likely N-dealkylation sites (N-methyl/N-ethyl adjacent to an activating group) is 1. The minimum absolute atomic E-state index is 0. The second-order valence-electron chi connectivity index (χ2n) is 17.2. The number of amides is 2. The molecule has 24 nitrogen and oxygen atoms in total. The van der Waals surface area contributed by atoms with E-state index in [0.717, 1.165) is 12.1 Å². The first kappa shape index (κ1) is 61.3. The molecule has 4 rings (SSSR count). The van der Waals surface area contributed by atoms with Gasteiger partial charge in [-0.15, -0.1) is 5.10 Å². The molecule has 405 valence electrons. The van der Waals surface area contributed by atoms with Gasteiger partial charge in [0, 0.05) is 132 Å². The summed E-state index contributed by atoms with van der Waals surface area (Å²) in [6.45, 7) is 3.55. The molecule has 0 spiro atoms. The number of carboxylic acid groups (broad SMARTS) is 4. The van der Waals surface area contributed by atoms with Gasteiger partial charge in [0.25, 0.3) is 5.91 Å². The van der Waals surface area contributed by atoms with Crippen LogP contribution in [-0.4, -0.2) is 232 Å². The molecular weight excluding hydrogens is 1120 g/mol. The predicted octanol–water partition coefficient (Wildman–Crippen LogP) is -0.0207. The fraction of sp³-hybridized carbons (Fsp3) is 0.543. The van der Waals surface area contributed by atoms with Crippen LogP contribution in [-0.2, 0) is 53.0 Å². The summed E-state index contributed by atoms with van der Waals surface area (Å²) in [5.41, 5.74) is 3.30. The number of hydrogen-bond donors (Lipinski definition) is 8. The molecule has 3 aromatic rings. The van der Waals surface area contributed by atoms with E-state index in [1.165, 1.54) is 0 Å². The van der Waals surface area contributed by atoms with Crippen LogP contribution in [0.25, 0.3) is 0 Å². The first-order chi connectivity index (χ1) is 34.0. The third kappa shape index (κ3) is 25.6. The minimum Gasteiger partial charge on any atom is -0.480 e. The van der Waals surface area contributed by atoms with Crippen LogP contribution in [0.2, 0.25) is 0 Å². The van der Waals surface area contributed by atoms with Crippen molar-refractivity contribution in [2.24, 2.45) is 0 Å². The van der Waals surface area contributed by atoms with E-state index in [4.69, 9.17) is 21.7 Å². The number of anilines is 2. The van der Waals surface area contributed by atoms with E-state index in [0.29, 0.717) is 73.4 Å². The Morgan fingerprint density at radius 3 is 1.90 bits per heavy atom. The molecule has 1 aliphatic heterocycles. The fourth-order valence-corrected chi connectivity index (χ4v) is 7.69. The van der Waals surface area contributed by atoms with Gasteiger partial charge in [0.2, 0.25) is 5.91 Å². The van der Waals surface area contributed by atoms with Crippen molar-refractivity contribution in [2.75, 3.05) is 136 Å². The number of carbonyl (C=O) groups excluding carboxylic acids is 2. The van der Waals surface area contributed by atoms with Crippen molar-refractivity contribution in [2.45, 2.75) is 38.5 Å². The normalized spacial score (nSPS) is 15.3. The maximum Gasteiger partial charge on any atom is 0.317 e. The SMILES string of the molecule is CN(C)CCNC(=O)c1ccc(NC(=O)CCOCCOCc2cn(CCCNC(=S)Nc3ccc(CC4CN(CC(=O)O)CCN(CC(=O)O)CCN(CC(=O)O)CCN4CC(=O)O)cc3)nn2)cc1.[177Lu]. The zero-order valence-corrected chi connectivity index (χ0v) is 43.1. The Labute approximate surface area is 453 Å². The number of thiocarbonyl (C=S) groups is 1. The Balaban J connectivity index is 0.0000137. The number of hydrogen-bond acceptors (Lipinski definition) is 16. The molecule has 2 amide bonds. The number of aliphatic carboxylic acids is 4. The maximum atomic E-state index is 12.3. The van der Waals surface area contributed by atoms with Gasteiger partial charge >= 0.3 is 23.9 Å². The largest absolute Gasteiger partial charge is 0.480 e. The summed E-state index contributed by atoms with van der Waals surface area (Å²) < 4.78 is 12.9. The zero-order chi connectivity index (χ0) is 51.5. The molecule has 8 N–H and O–H groups in total. The molecule has 0 aliphatic carbocycles. The fourth-order valence-electron chi connectivity index (χ4n) is 7.47. The first-order valence-corrected chi connectivity index (χ1v) is 23.7. The van der Waals surface area contributed by atoms with E-state index < -0.39 is 29.9 Å². The summed E-state index contributed by atoms with van der Waals surface area (Å²) in [6, 6.07) is 13.6. The minimum atomic E-state index is -1.09. The summed E-state index contributed by atoms with van der Waals surface area (Å²) in [4.78, 5) is 80.6. The van der Waals surface area contributed by atoms with Gasteiger partial charge in [-0.3, -0.25) is 53.0 Å². The number of nitrogens with one attached hydrogen (secondary N) is 4. The van der Waals surface area contributed by atoms with E-state index in [1.807, 2.05) is 43.3 Å². The van der Waals surface area contributed by atoms with Crippen LogP contribution in [0.5, 0.6) is 0 Å². The van der Waals surface area contributed by atoms with Gasteiger partial charge in [0.1, 0.15) is 5.69 Å². The van der Waals surface area contributed by atoms with Crippen LogP contribution in [0, 0.1) is 36.9 Å². The van der Waals surface area contributed by atoms with Crippen LogP contribution in [0.1, 0.15) is 34.5 Å². The van der Waals surface area contributed by atoms with Crippen molar-refractivity contribution >= 4 is 64.4 Å². The summed E-state index contributed by atoms with van der Waals surface area (Å²) in [7, 11) is 3.86. The third-order valence-electron chi connectivity index (χ3n) is 11.1. The van der Waals surface area contributed by atoms with Crippen molar-refractivity contribution in [3.63, 3.8) is 0 Å². The Morgan fingerprint density at radius 1 is 0.708 bits per heavy atom. The van der Waals surface area contributed by atoms with Crippen LogP contribution >= 0.6 is 12.2 Å². The Morgan fingerprint density at radius 2 is 1.28 bits per heavy atom. The van der Waals surface area contributed by atoms with Gasteiger partial charge in [-0.05, 0) is 81.1 Å². The van der Waals surface area contributed by atoms with Gasteiger partial charge in [-0.25, -0.2) is 0 Å². The molecule has 1 radical (unpaired) electrons. The number of carbonyl (C=O) groups is 6. The van der Waals surface area contributed by atoms with Gasteiger partial charge in [0.15, 0.2) is 5.11 Å². The third-order valence-corrected chi connectivity index (χ3v) is 11.3. The molecule has 1 aliphatic rings. The number of aryl methyl sites for hydroxylation is 1. The van der Waals surface area contributed by atoms with Gasteiger partial charge in [-0.1, -0.05) is 17.3 Å². The zero-order valence-electron chi connectivity index (χ0n) is 40.6. The quantitative estimate of drug-likeness (QED) is 0.0350. The predicted molar refractivity (Wildman–Crippen MR) is 265 cm³/mol. The van der Waals surface area contributed by atoms with Gasteiger partial charge in [0.05, 0.1) is 65.2 Å². The molecule has 1 atom stereocenters. The van der Waals surface area contributed by atoms with E-state index in [-0.39, 0.29) is 140 Å². The molecule has 0 saturated carbocycles. The summed E-state index contributed by atoms with van der Waals surface area (Å²) in [6.07, 6.45) is 2.98. The molecule has 1 unspecified atom stereocenters. The topological polar surface area (TPSA) is 297 Å². The average Bonchev–Trinajstić information content (AvgIpc) is 3.76. The molecule has 26 heteroatoms. The standard InChI is InChI=1S/C46H68N12O12S.Lu/c1-53(2)16-14-47-45(68)35-6-10-36(11-7-35)49-40(59)12-23-69-24-25-70-33-38-27-58(52-51-38)15-3-13-48-46(71)50-37-8-4-34(5-9-37)26-39-28-56(31-43(64)65)20-19-54(29-41(60)61)17-18-55(30-42(62)63)21-22-57(39)32-44(66)67;/h4-11,27,39H,3,12-26,28-33H2,1-2H3,(H,47,68)(H,49,59)(H,60,61)(H,62,63)(H,64,65)(H,66,67)(H2,48,50,71);/i;1+2. The van der Waals surface area contributed by atoms with E-state index >= 15 is 0 Å². The number of ether oxygens (including phenoxy) is 2. The molecule has 1 saturated heterocycles. The number of aromatic nitrogens is 3. The van der Waals surface area contributed by atoms with Crippen LogP contribution in [0.3, 0.4) is 0 Å². The second kappa shape index (κ2) is 33.7. The molecule has 1 fully saturated rings. The van der Waals surface area contributed by atoms with E-state index in [1.54, 1.807) is 54.7 Å². The summed E-state index contributed by atoms with van der Waals surface area (Å²) >= 11 is 5.52. The summed E-state index contributed by atoms with van der Waals surface area (Å²) in [5, 5.41) is 59.4. The van der Waals surface area contributed by atoms with Crippen molar-refractivity contribution in [1.29, 1.82) is 0 Å². The van der Waals surface area contributed by atoms with Crippen molar-refractivity contribution in [3.8, 4) is 0 Å². The molecule has 1 aromatic heterocycles. The second-order valence-corrected chi connectivity index (χ2v) is 17.6. The first-order valence-electron chi connectivity index (χ1n) is 23.3. The molecule has 2 heterocycles. The smallest absolute Gasteiger partial charge is 0.317 e. The molecule has 0 bridgehead atoms. The van der Waals surface area contributed by atoms with Crippen molar-refractivity contribution < 1.29 is 95.5 Å². The number of nitrogens with zero attached hydrogens (tertiary/aromatic N) is 8. The van der Waals surface area contributed by atoms with Crippen LogP contribution in [0.4, 0.5) is 11.4 Å². The van der Waals surface area contributed by atoms with E-state index in [2.05, 4.69) is 31.6 Å². The number of rotatable bonds is 28. The molecule has 72 heavy (non-hydrogen) atoms. The molecule has 2 aromatic carbocycles. The van der Waals surface area contributed by atoms with Gasteiger partial charge < -0.3 is 56.1 Å². The van der Waals surface area contributed by atoms with E-state index in [9.17, 15) is 49.2 Å². The summed E-state index contributed by atoms with van der Waals surface area (Å²) in [5.74, 6) is -4.68. The Kier molecular flexibility index (Phi) is 28.7. The van der Waals surface area contributed by atoms with Crippen molar-refractivity contribution in [1.82, 2.24) is 50.1 Å². The van der Waals surface area contributed by atoms with Crippen molar-refractivity contribution in [3.05, 3.63) is 71.5 Å². The number of benzene rings is 2. The van der Waals surface area contributed by atoms with Crippen LogP contribution in [0.15, 0.2) is 54.7 Å².